The maximum atomic E-state index is 13.6. The number of carbonyl (C=O) groups is 1. The van der Waals surface area contributed by atoms with Crippen LogP contribution in [0.5, 0.6) is 11.6 Å². The minimum absolute atomic E-state index is 0.288. The molecule has 0 fully saturated rings. The van der Waals surface area contributed by atoms with Crippen molar-refractivity contribution in [3.63, 3.8) is 0 Å². The summed E-state index contributed by atoms with van der Waals surface area (Å²) < 4.78 is 32.7. The van der Waals surface area contributed by atoms with Gasteiger partial charge in [0.1, 0.15) is 5.75 Å². The molecule has 0 aliphatic heterocycles. The Hall–Kier alpha value is -2.70. The van der Waals surface area contributed by atoms with Crippen LogP contribution in [-0.2, 0) is 5.92 Å². The van der Waals surface area contributed by atoms with Gasteiger partial charge < -0.3 is 14.7 Å². The number of aromatic nitrogens is 1. The predicted octanol–water partition coefficient (Wildman–Crippen LogP) is 3.75. The highest BCUT2D eigenvalue weighted by Crippen LogP contribution is 2.35. The highest BCUT2D eigenvalue weighted by molar-refractivity contribution is 5.85. The van der Waals surface area contributed by atoms with Crippen LogP contribution < -0.4 is 9.64 Å². The van der Waals surface area contributed by atoms with E-state index in [4.69, 9.17) is 9.84 Å². The fraction of sp³-hybridized carbons (Fsp3) is 0.250. The van der Waals surface area contributed by atoms with Gasteiger partial charge in [-0.25, -0.2) is 18.6 Å². The molecular weight excluding hydrogens is 306 g/mol. The molecule has 0 bridgehead atoms. The third kappa shape index (κ3) is 3.94. The summed E-state index contributed by atoms with van der Waals surface area (Å²) in [5.74, 6) is -4.65. The lowest BCUT2D eigenvalue weighted by atomic mass is 10.1. The van der Waals surface area contributed by atoms with Crippen LogP contribution in [0.3, 0.4) is 0 Å². The number of benzene rings is 1. The summed E-state index contributed by atoms with van der Waals surface area (Å²) in [5.41, 5.74) is 0.0720. The lowest BCUT2D eigenvalue weighted by molar-refractivity contribution is 0.0148. The number of rotatable bonds is 5. The molecule has 1 aromatic heterocycles. The number of carboxylic acids is 1. The van der Waals surface area contributed by atoms with Gasteiger partial charge in [0.05, 0.1) is 5.56 Å². The van der Waals surface area contributed by atoms with Gasteiger partial charge in [0.25, 0.3) is 5.92 Å². The molecule has 0 saturated carbocycles. The zero-order chi connectivity index (χ0) is 17.2. The minimum Gasteiger partial charge on any atom is -0.477 e. The fourth-order valence-corrected chi connectivity index (χ4v) is 1.90. The lowest BCUT2D eigenvalue weighted by Crippen LogP contribution is -2.12. The Morgan fingerprint density at radius 2 is 1.78 bits per heavy atom. The predicted molar refractivity (Wildman–Crippen MR) is 81.6 cm³/mol. The van der Waals surface area contributed by atoms with Crippen LogP contribution in [0.15, 0.2) is 36.4 Å². The zero-order valence-electron chi connectivity index (χ0n) is 12.9. The first-order valence-electron chi connectivity index (χ1n) is 6.76. The summed E-state index contributed by atoms with van der Waals surface area (Å²) in [7, 11) is 3.73. The van der Waals surface area contributed by atoms with Crippen molar-refractivity contribution in [2.75, 3.05) is 19.0 Å². The second-order valence-corrected chi connectivity index (χ2v) is 5.23. The van der Waals surface area contributed by atoms with Crippen LogP contribution in [0.4, 0.5) is 14.5 Å². The van der Waals surface area contributed by atoms with Crippen molar-refractivity contribution in [1.82, 2.24) is 4.98 Å². The first kappa shape index (κ1) is 16.7. The van der Waals surface area contributed by atoms with Crippen LogP contribution >= 0.6 is 0 Å². The molecule has 0 aliphatic carbocycles. The van der Waals surface area contributed by atoms with E-state index in [1.807, 2.05) is 19.0 Å². The highest BCUT2D eigenvalue weighted by atomic mass is 19.3. The SMILES string of the molecule is CN(C)c1ccc(Oc2nc(C(=O)O)ccc2C(C)(F)F)cc1. The van der Waals surface area contributed by atoms with Crippen LogP contribution in [0.2, 0.25) is 0 Å². The van der Waals surface area contributed by atoms with E-state index < -0.39 is 23.3 Å². The Labute approximate surface area is 132 Å². The molecule has 5 nitrogen and oxygen atoms in total. The fourth-order valence-electron chi connectivity index (χ4n) is 1.90. The summed E-state index contributed by atoms with van der Waals surface area (Å²) in [6.45, 7) is 0.701. The largest absolute Gasteiger partial charge is 0.477 e. The average molecular weight is 322 g/mol. The average Bonchev–Trinajstić information content (AvgIpc) is 2.46. The van der Waals surface area contributed by atoms with Crippen molar-refractivity contribution >= 4 is 11.7 Å². The molecular formula is C16H16F2N2O3. The number of aromatic carboxylic acids is 1. The molecule has 1 N–H and O–H groups in total. The topological polar surface area (TPSA) is 62.7 Å². The molecule has 0 aliphatic rings. The van der Waals surface area contributed by atoms with Crippen molar-refractivity contribution < 1.29 is 23.4 Å². The maximum absolute atomic E-state index is 13.6. The molecule has 0 saturated heterocycles. The standard InChI is InChI=1S/C16H16F2N2O3/c1-16(17,18)12-8-9-13(15(21)22)19-14(12)23-11-6-4-10(5-7-11)20(2)3/h4-9H,1-3H3,(H,21,22). The highest BCUT2D eigenvalue weighted by Gasteiger charge is 2.30. The minimum atomic E-state index is -3.21. The summed E-state index contributed by atoms with van der Waals surface area (Å²) in [6.07, 6.45) is 0. The molecule has 0 amide bonds. The summed E-state index contributed by atoms with van der Waals surface area (Å²) in [6, 6.07) is 8.74. The first-order chi connectivity index (χ1) is 10.7. The van der Waals surface area contributed by atoms with Gasteiger partial charge in [-0.05, 0) is 36.4 Å². The molecule has 7 heteroatoms. The number of halogens is 2. The maximum Gasteiger partial charge on any atom is 0.354 e. The van der Waals surface area contributed by atoms with Gasteiger partial charge in [0, 0.05) is 26.7 Å². The normalized spacial score (nSPS) is 11.2. The smallest absolute Gasteiger partial charge is 0.354 e. The quantitative estimate of drug-likeness (QED) is 0.908. The van der Waals surface area contributed by atoms with Gasteiger partial charge in [0.15, 0.2) is 5.69 Å². The zero-order valence-corrected chi connectivity index (χ0v) is 12.9. The van der Waals surface area contributed by atoms with Crippen molar-refractivity contribution in [3.05, 3.63) is 47.7 Å². The van der Waals surface area contributed by atoms with Crippen LogP contribution in [-0.4, -0.2) is 30.2 Å². The van der Waals surface area contributed by atoms with Crippen LogP contribution in [0.1, 0.15) is 23.0 Å². The van der Waals surface area contributed by atoms with E-state index in [1.165, 1.54) is 0 Å². The third-order valence-electron chi connectivity index (χ3n) is 3.12. The van der Waals surface area contributed by atoms with Crippen LogP contribution in [0, 0.1) is 0 Å². The molecule has 0 atom stereocenters. The molecule has 2 rings (SSSR count). The number of hydrogen-bond acceptors (Lipinski definition) is 4. The third-order valence-corrected chi connectivity index (χ3v) is 3.12. The Morgan fingerprint density at radius 1 is 1.17 bits per heavy atom. The Bertz CT molecular complexity index is 710. The second kappa shape index (κ2) is 6.20. The van der Waals surface area contributed by atoms with Gasteiger partial charge >= 0.3 is 5.97 Å². The van der Waals surface area contributed by atoms with Gasteiger partial charge in [-0.2, -0.15) is 0 Å². The van der Waals surface area contributed by atoms with Gasteiger partial charge in [0.2, 0.25) is 5.88 Å². The van der Waals surface area contributed by atoms with Crippen molar-refractivity contribution in [2.45, 2.75) is 12.8 Å². The van der Waals surface area contributed by atoms with E-state index in [1.54, 1.807) is 24.3 Å². The number of anilines is 1. The van der Waals surface area contributed by atoms with Crippen molar-refractivity contribution in [3.8, 4) is 11.6 Å². The van der Waals surface area contributed by atoms with E-state index in [-0.39, 0.29) is 11.4 Å². The number of alkyl halides is 2. The molecule has 2 aromatic rings. The molecule has 0 unspecified atom stereocenters. The number of hydrogen-bond donors (Lipinski definition) is 1. The summed E-state index contributed by atoms with van der Waals surface area (Å²) in [5, 5.41) is 8.96. The van der Waals surface area contributed by atoms with Gasteiger partial charge in [-0.15, -0.1) is 0 Å². The second-order valence-electron chi connectivity index (χ2n) is 5.23. The lowest BCUT2D eigenvalue weighted by Gasteiger charge is -2.16. The van der Waals surface area contributed by atoms with E-state index in [9.17, 15) is 13.6 Å². The van der Waals surface area contributed by atoms with E-state index >= 15 is 0 Å². The van der Waals surface area contributed by atoms with E-state index in [0.29, 0.717) is 6.92 Å². The molecule has 122 valence electrons. The van der Waals surface area contributed by atoms with Crippen molar-refractivity contribution in [2.24, 2.45) is 0 Å². The Balaban J connectivity index is 2.40. The number of ether oxygens (including phenoxy) is 1. The van der Waals surface area contributed by atoms with Crippen molar-refractivity contribution in [1.29, 1.82) is 0 Å². The summed E-state index contributed by atoms with van der Waals surface area (Å²) >= 11 is 0. The van der Waals surface area contributed by atoms with Gasteiger partial charge in [-0.3, -0.25) is 0 Å². The molecule has 0 radical (unpaired) electrons. The van der Waals surface area contributed by atoms with E-state index in [2.05, 4.69) is 4.98 Å². The van der Waals surface area contributed by atoms with E-state index in [0.717, 1.165) is 17.8 Å². The Kier molecular flexibility index (Phi) is 4.49. The number of carboxylic acid groups (broad SMARTS) is 1. The Morgan fingerprint density at radius 3 is 2.26 bits per heavy atom. The monoisotopic (exact) mass is 322 g/mol. The molecule has 1 aromatic carbocycles. The van der Waals surface area contributed by atoms with Crippen LogP contribution in [0.25, 0.3) is 0 Å². The molecule has 1 heterocycles. The molecule has 0 spiro atoms. The number of pyridine rings is 1. The van der Waals surface area contributed by atoms with Gasteiger partial charge in [-0.1, -0.05) is 0 Å². The number of nitrogens with zero attached hydrogens (tertiary/aromatic N) is 2. The molecule has 23 heavy (non-hydrogen) atoms. The summed E-state index contributed by atoms with van der Waals surface area (Å²) in [4.78, 5) is 16.5. The first-order valence-corrected chi connectivity index (χ1v) is 6.76.